The standard InChI is InChI=1S/C15H18N2O3S/c1-4-19-13(18)15(2,3)10-5-7-11(8-6-10)20-12-9-17-14(16)21-12/h5-9H,4H2,1-3H3,(H2,16,17). The van der Waals surface area contributed by atoms with E-state index >= 15 is 0 Å². The Balaban J connectivity index is 2.13. The number of rotatable bonds is 5. The van der Waals surface area contributed by atoms with E-state index in [0.29, 0.717) is 22.6 Å². The molecular weight excluding hydrogens is 288 g/mol. The zero-order chi connectivity index (χ0) is 15.5. The second-order valence-corrected chi connectivity index (χ2v) is 6.01. The van der Waals surface area contributed by atoms with Gasteiger partial charge in [-0.25, -0.2) is 4.98 Å². The molecule has 0 atom stereocenters. The Kier molecular flexibility index (Phi) is 4.47. The van der Waals surface area contributed by atoms with Gasteiger partial charge < -0.3 is 15.2 Å². The van der Waals surface area contributed by atoms with Crippen LogP contribution >= 0.6 is 11.3 Å². The van der Waals surface area contributed by atoms with Gasteiger partial charge in [0.25, 0.3) is 0 Å². The van der Waals surface area contributed by atoms with E-state index in [4.69, 9.17) is 15.2 Å². The van der Waals surface area contributed by atoms with Gasteiger partial charge in [0, 0.05) is 0 Å². The van der Waals surface area contributed by atoms with Crippen molar-refractivity contribution >= 4 is 22.4 Å². The van der Waals surface area contributed by atoms with Crippen molar-refractivity contribution in [2.75, 3.05) is 12.3 Å². The van der Waals surface area contributed by atoms with E-state index in [1.165, 1.54) is 11.3 Å². The largest absolute Gasteiger partial charge is 0.465 e. The van der Waals surface area contributed by atoms with Crippen molar-refractivity contribution in [2.24, 2.45) is 0 Å². The van der Waals surface area contributed by atoms with Gasteiger partial charge in [0.05, 0.1) is 18.2 Å². The molecule has 2 aromatic rings. The lowest BCUT2D eigenvalue weighted by Gasteiger charge is -2.22. The van der Waals surface area contributed by atoms with E-state index in [1.54, 1.807) is 13.1 Å². The third kappa shape index (κ3) is 3.52. The second kappa shape index (κ2) is 6.13. The number of benzene rings is 1. The van der Waals surface area contributed by atoms with E-state index in [1.807, 2.05) is 38.1 Å². The first kappa shape index (κ1) is 15.3. The molecule has 0 aliphatic rings. The molecule has 2 rings (SSSR count). The SMILES string of the molecule is CCOC(=O)C(C)(C)c1ccc(Oc2cnc(N)s2)cc1. The van der Waals surface area contributed by atoms with Crippen molar-refractivity contribution in [1.29, 1.82) is 0 Å². The van der Waals surface area contributed by atoms with Crippen LogP contribution < -0.4 is 10.5 Å². The molecule has 0 unspecified atom stereocenters. The Labute approximate surface area is 127 Å². The van der Waals surface area contributed by atoms with Crippen molar-refractivity contribution in [3.63, 3.8) is 0 Å². The molecule has 0 saturated carbocycles. The molecule has 2 N–H and O–H groups in total. The normalized spacial score (nSPS) is 11.2. The summed E-state index contributed by atoms with van der Waals surface area (Å²) in [6.45, 7) is 5.84. The van der Waals surface area contributed by atoms with Crippen molar-refractivity contribution in [1.82, 2.24) is 4.98 Å². The predicted molar refractivity (Wildman–Crippen MR) is 82.7 cm³/mol. The number of carbonyl (C=O) groups is 1. The van der Waals surface area contributed by atoms with Crippen LogP contribution in [0.4, 0.5) is 5.13 Å². The monoisotopic (exact) mass is 306 g/mol. The number of esters is 1. The van der Waals surface area contributed by atoms with Crippen LogP contribution in [0, 0.1) is 0 Å². The fourth-order valence-electron chi connectivity index (χ4n) is 1.80. The number of nitrogen functional groups attached to an aromatic ring is 1. The molecule has 0 amide bonds. The minimum Gasteiger partial charge on any atom is -0.465 e. The number of hydrogen-bond donors (Lipinski definition) is 1. The molecule has 0 aliphatic heterocycles. The quantitative estimate of drug-likeness (QED) is 0.857. The fourth-order valence-corrected chi connectivity index (χ4v) is 2.36. The average molecular weight is 306 g/mol. The van der Waals surface area contributed by atoms with Crippen LogP contribution in [0.1, 0.15) is 26.3 Å². The van der Waals surface area contributed by atoms with E-state index in [0.717, 1.165) is 5.56 Å². The maximum Gasteiger partial charge on any atom is 0.315 e. The van der Waals surface area contributed by atoms with Gasteiger partial charge in [-0.15, -0.1) is 0 Å². The number of thiazole rings is 1. The maximum absolute atomic E-state index is 12.0. The first-order valence-electron chi connectivity index (χ1n) is 6.60. The van der Waals surface area contributed by atoms with Gasteiger partial charge in [-0.3, -0.25) is 4.79 Å². The van der Waals surface area contributed by atoms with E-state index < -0.39 is 5.41 Å². The summed E-state index contributed by atoms with van der Waals surface area (Å²) in [5, 5.41) is 1.09. The number of aromatic nitrogens is 1. The van der Waals surface area contributed by atoms with Crippen LogP contribution in [0.3, 0.4) is 0 Å². The van der Waals surface area contributed by atoms with Gasteiger partial charge >= 0.3 is 5.97 Å². The Bertz CT molecular complexity index is 620. The Hall–Kier alpha value is -2.08. The first-order valence-corrected chi connectivity index (χ1v) is 7.42. The molecule has 0 radical (unpaired) electrons. The maximum atomic E-state index is 12.0. The zero-order valence-corrected chi connectivity index (χ0v) is 13.1. The van der Waals surface area contributed by atoms with Gasteiger partial charge in [0.15, 0.2) is 5.13 Å². The van der Waals surface area contributed by atoms with Crippen LogP contribution in [0.5, 0.6) is 10.8 Å². The van der Waals surface area contributed by atoms with Gasteiger partial charge in [-0.2, -0.15) is 0 Å². The molecule has 0 aliphatic carbocycles. The molecule has 5 nitrogen and oxygen atoms in total. The zero-order valence-electron chi connectivity index (χ0n) is 12.3. The number of nitrogens with two attached hydrogens (primary N) is 1. The molecule has 0 spiro atoms. The summed E-state index contributed by atoms with van der Waals surface area (Å²) >= 11 is 1.27. The predicted octanol–water partition coefficient (Wildman–Crippen LogP) is 3.36. The minimum absolute atomic E-state index is 0.242. The summed E-state index contributed by atoms with van der Waals surface area (Å²) in [6.07, 6.45) is 1.58. The highest BCUT2D eigenvalue weighted by molar-refractivity contribution is 7.17. The third-order valence-corrected chi connectivity index (χ3v) is 3.79. The summed E-state index contributed by atoms with van der Waals surface area (Å²) in [4.78, 5) is 15.9. The van der Waals surface area contributed by atoms with Crippen LogP contribution in [0.25, 0.3) is 0 Å². The van der Waals surface area contributed by atoms with Gasteiger partial charge in [-0.1, -0.05) is 23.5 Å². The number of nitrogens with zero attached hydrogens (tertiary/aromatic N) is 1. The first-order chi connectivity index (χ1) is 9.93. The summed E-state index contributed by atoms with van der Waals surface area (Å²) in [7, 11) is 0. The van der Waals surface area contributed by atoms with E-state index in [9.17, 15) is 4.79 Å². The molecular formula is C15H18N2O3S. The third-order valence-electron chi connectivity index (χ3n) is 3.08. The van der Waals surface area contributed by atoms with Crippen molar-refractivity contribution in [3.8, 4) is 10.8 Å². The molecule has 1 aromatic heterocycles. The molecule has 0 bridgehead atoms. The van der Waals surface area contributed by atoms with Crippen molar-refractivity contribution < 1.29 is 14.3 Å². The van der Waals surface area contributed by atoms with E-state index in [2.05, 4.69) is 4.98 Å². The Morgan fingerprint density at radius 2 is 2.00 bits per heavy atom. The Morgan fingerprint density at radius 1 is 1.33 bits per heavy atom. The number of anilines is 1. The lowest BCUT2D eigenvalue weighted by Crippen LogP contribution is -2.31. The fraction of sp³-hybridized carbons (Fsp3) is 0.333. The lowest BCUT2D eigenvalue weighted by atomic mass is 9.85. The summed E-state index contributed by atoms with van der Waals surface area (Å²) < 4.78 is 10.7. The van der Waals surface area contributed by atoms with Crippen LogP contribution in [-0.2, 0) is 14.9 Å². The number of hydrogen-bond acceptors (Lipinski definition) is 6. The van der Waals surface area contributed by atoms with Gasteiger partial charge in [-0.05, 0) is 38.5 Å². The molecule has 0 fully saturated rings. The highest BCUT2D eigenvalue weighted by Crippen LogP contribution is 2.31. The van der Waals surface area contributed by atoms with Crippen molar-refractivity contribution in [2.45, 2.75) is 26.2 Å². The molecule has 21 heavy (non-hydrogen) atoms. The number of carbonyl (C=O) groups excluding carboxylic acids is 1. The van der Waals surface area contributed by atoms with Crippen LogP contribution in [0.15, 0.2) is 30.5 Å². The van der Waals surface area contributed by atoms with Gasteiger partial charge in [0.1, 0.15) is 5.75 Å². The molecule has 1 heterocycles. The molecule has 1 aromatic carbocycles. The number of ether oxygens (including phenoxy) is 2. The van der Waals surface area contributed by atoms with Crippen LogP contribution in [-0.4, -0.2) is 17.6 Å². The van der Waals surface area contributed by atoms with Crippen LogP contribution in [0.2, 0.25) is 0 Å². The van der Waals surface area contributed by atoms with Gasteiger partial charge in [0.2, 0.25) is 5.06 Å². The summed E-state index contributed by atoms with van der Waals surface area (Å²) in [5.74, 6) is 0.427. The Morgan fingerprint density at radius 3 is 2.52 bits per heavy atom. The molecule has 6 heteroatoms. The lowest BCUT2D eigenvalue weighted by molar-refractivity contribution is -0.148. The highest BCUT2D eigenvalue weighted by atomic mass is 32.1. The smallest absolute Gasteiger partial charge is 0.315 e. The summed E-state index contributed by atoms with van der Waals surface area (Å²) in [6, 6.07) is 7.34. The second-order valence-electron chi connectivity index (χ2n) is 4.99. The molecule has 112 valence electrons. The minimum atomic E-state index is -0.691. The van der Waals surface area contributed by atoms with Crippen molar-refractivity contribution in [3.05, 3.63) is 36.0 Å². The average Bonchev–Trinajstić information content (AvgIpc) is 2.85. The summed E-state index contributed by atoms with van der Waals surface area (Å²) in [5.41, 5.74) is 5.73. The molecule has 0 saturated heterocycles. The highest BCUT2D eigenvalue weighted by Gasteiger charge is 2.31. The van der Waals surface area contributed by atoms with E-state index in [-0.39, 0.29) is 5.97 Å². The topological polar surface area (TPSA) is 74.4 Å².